The lowest BCUT2D eigenvalue weighted by molar-refractivity contribution is 0.122. The van der Waals surface area contributed by atoms with Crippen LogP contribution in [0.25, 0.3) is 22.2 Å². The highest BCUT2D eigenvalue weighted by molar-refractivity contribution is 5.93. The van der Waals surface area contributed by atoms with Gasteiger partial charge in [0, 0.05) is 30.2 Å². The van der Waals surface area contributed by atoms with Gasteiger partial charge in [0.2, 0.25) is 0 Å². The summed E-state index contributed by atoms with van der Waals surface area (Å²) in [5.41, 5.74) is 2.49. The number of halogens is 1. The van der Waals surface area contributed by atoms with E-state index in [0.717, 1.165) is 41.1 Å². The molecule has 5 nitrogen and oxygen atoms in total. The molecule has 0 spiro atoms. The normalized spacial score (nSPS) is 15.4. The van der Waals surface area contributed by atoms with E-state index in [1.807, 2.05) is 12.1 Å². The summed E-state index contributed by atoms with van der Waals surface area (Å²) in [6.45, 7) is 3.07. The molecule has 3 heterocycles. The van der Waals surface area contributed by atoms with Crippen LogP contribution < -0.4 is 4.90 Å². The molecule has 1 aliphatic rings. The van der Waals surface area contributed by atoms with Crippen LogP contribution in [0.5, 0.6) is 0 Å². The monoisotopic (exact) mass is 298 g/mol. The molecule has 3 aromatic rings. The number of rotatable bonds is 2. The van der Waals surface area contributed by atoms with Crippen LogP contribution in [0.3, 0.4) is 0 Å². The third-order valence-corrected chi connectivity index (χ3v) is 3.88. The number of benzene rings is 1. The summed E-state index contributed by atoms with van der Waals surface area (Å²) in [7, 11) is 0. The van der Waals surface area contributed by atoms with Crippen molar-refractivity contribution in [2.45, 2.75) is 0 Å². The fraction of sp³-hybridized carbons (Fsp3) is 0.250. The van der Waals surface area contributed by atoms with E-state index in [-0.39, 0.29) is 5.82 Å². The Morgan fingerprint density at radius 2 is 2.00 bits per heavy atom. The summed E-state index contributed by atoms with van der Waals surface area (Å²) in [6.07, 6.45) is 1.76. The number of ether oxygens (including phenoxy) is 1. The third-order valence-electron chi connectivity index (χ3n) is 3.88. The number of hydrogen-bond acceptors (Lipinski definition) is 4. The number of pyridine rings is 1. The van der Waals surface area contributed by atoms with Crippen molar-refractivity contribution in [3.63, 3.8) is 0 Å². The average molecular weight is 298 g/mol. The second-order valence-electron chi connectivity index (χ2n) is 5.26. The third kappa shape index (κ3) is 2.31. The molecule has 6 heteroatoms. The first-order valence-corrected chi connectivity index (χ1v) is 7.24. The zero-order chi connectivity index (χ0) is 14.9. The summed E-state index contributed by atoms with van der Waals surface area (Å²) >= 11 is 0. The Kier molecular flexibility index (Phi) is 3.23. The van der Waals surface area contributed by atoms with Crippen molar-refractivity contribution < 1.29 is 9.13 Å². The summed E-state index contributed by atoms with van der Waals surface area (Å²) < 4.78 is 18.9. The van der Waals surface area contributed by atoms with Crippen LogP contribution in [0.15, 0.2) is 36.5 Å². The average Bonchev–Trinajstić information content (AvgIpc) is 2.99. The molecule has 2 aromatic heterocycles. The quantitative estimate of drug-likeness (QED) is 0.790. The molecule has 0 aliphatic carbocycles. The number of H-pyrrole nitrogens is 1. The lowest BCUT2D eigenvalue weighted by Gasteiger charge is -2.27. The molecule has 112 valence electrons. The maximum Gasteiger partial charge on any atom is 0.129 e. The number of aromatic nitrogens is 3. The van der Waals surface area contributed by atoms with Gasteiger partial charge in [-0.2, -0.15) is 5.10 Å². The van der Waals surface area contributed by atoms with Crippen molar-refractivity contribution >= 4 is 16.7 Å². The predicted octanol–water partition coefficient (Wildman–Crippen LogP) is 2.60. The molecule has 22 heavy (non-hydrogen) atoms. The van der Waals surface area contributed by atoms with Crippen molar-refractivity contribution in [2.24, 2.45) is 0 Å². The van der Waals surface area contributed by atoms with Gasteiger partial charge in [0.05, 0.1) is 18.7 Å². The van der Waals surface area contributed by atoms with E-state index >= 15 is 0 Å². The summed E-state index contributed by atoms with van der Waals surface area (Å²) in [5.74, 6) is 0.631. The van der Waals surface area contributed by atoms with Crippen LogP contribution in [0.4, 0.5) is 10.2 Å². The van der Waals surface area contributed by atoms with Gasteiger partial charge in [0.1, 0.15) is 17.3 Å². The van der Waals surface area contributed by atoms with E-state index in [2.05, 4.69) is 20.1 Å². The van der Waals surface area contributed by atoms with Gasteiger partial charge in [-0.1, -0.05) is 0 Å². The minimum atomic E-state index is -0.266. The second-order valence-corrected chi connectivity index (χ2v) is 5.26. The molecule has 1 fully saturated rings. The molecular formula is C16H15FN4O. The molecule has 1 aliphatic heterocycles. The smallest absolute Gasteiger partial charge is 0.129 e. The minimum absolute atomic E-state index is 0.266. The van der Waals surface area contributed by atoms with Crippen molar-refractivity contribution in [1.82, 2.24) is 15.2 Å². The van der Waals surface area contributed by atoms with Crippen LogP contribution >= 0.6 is 0 Å². The van der Waals surface area contributed by atoms with Gasteiger partial charge in [-0.15, -0.1) is 0 Å². The molecule has 0 radical (unpaired) electrons. The maximum atomic E-state index is 13.5. The molecule has 4 rings (SSSR count). The maximum absolute atomic E-state index is 13.5. The summed E-state index contributed by atoms with van der Waals surface area (Å²) in [6, 6.07) is 8.51. The number of nitrogens with one attached hydrogen (secondary N) is 1. The number of morpholine rings is 1. The Hall–Kier alpha value is -2.47. The van der Waals surface area contributed by atoms with Gasteiger partial charge in [0.25, 0.3) is 0 Å². The minimum Gasteiger partial charge on any atom is -0.378 e. The Morgan fingerprint density at radius 3 is 2.86 bits per heavy atom. The standard InChI is InChI=1S/C16H15FN4O/c17-12-1-2-14-13(10-12)16(20-19-14)11-3-4-18-15(9-11)21-5-7-22-8-6-21/h1-4,9-10H,5-8H2,(H,19,20). The first-order chi connectivity index (χ1) is 10.8. The van der Waals surface area contributed by atoms with E-state index in [4.69, 9.17) is 4.74 Å². The number of aromatic amines is 1. The van der Waals surface area contributed by atoms with E-state index < -0.39 is 0 Å². The topological polar surface area (TPSA) is 54.0 Å². The molecule has 1 saturated heterocycles. The molecule has 0 atom stereocenters. The highest BCUT2D eigenvalue weighted by Gasteiger charge is 2.15. The predicted molar refractivity (Wildman–Crippen MR) is 82.3 cm³/mol. The Labute approximate surface area is 126 Å². The molecule has 0 unspecified atom stereocenters. The van der Waals surface area contributed by atoms with Crippen LogP contribution in [0, 0.1) is 5.82 Å². The van der Waals surface area contributed by atoms with Gasteiger partial charge in [-0.05, 0) is 30.3 Å². The van der Waals surface area contributed by atoms with E-state index in [0.29, 0.717) is 13.2 Å². The van der Waals surface area contributed by atoms with Crippen LogP contribution in [0.1, 0.15) is 0 Å². The fourth-order valence-electron chi connectivity index (χ4n) is 2.74. The number of hydrogen-bond donors (Lipinski definition) is 1. The van der Waals surface area contributed by atoms with Crippen LogP contribution in [-0.4, -0.2) is 41.5 Å². The van der Waals surface area contributed by atoms with Crippen molar-refractivity contribution in [3.05, 3.63) is 42.3 Å². The van der Waals surface area contributed by atoms with Crippen molar-refractivity contribution in [1.29, 1.82) is 0 Å². The van der Waals surface area contributed by atoms with Crippen molar-refractivity contribution in [2.75, 3.05) is 31.2 Å². The molecule has 0 amide bonds. The Balaban J connectivity index is 1.76. The fourth-order valence-corrected chi connectivity index (χ4v) is 2.74. The molecule has 0 saturated carbocycles. The number of fused-ring (bicyclic) bond motifs is 1. The Morgan fingerprint density at radius 1 is 1.14 bits per heavy atom. The summed E-state index contributed by atoms with van der Waals surface area (Å²) in [5, 5.41) is 8.05. The number of nitrogens with zero attached hydrogens (tertiary/aromatic N) is 3. The van der Waals surface area contributed by atoms with Crippen LogP contribution in [-0.2, 0) is 4.74 Å². The zero-order valence-corrected chi connectivity index (χ0v) is 11.9. The van der Waals surface area contributed by atoms with Gasteiger partial charge in [0.15, 0.2) is 0 Å². The zero-order valence-electron chi connectivity index (χ0n) is 11.9. The first-order valence-electron chi connectivity index (χ1n) is 7.24. The second kappa shape index (κ2) is 5.38. The molecule has 0 bridgehead atoms. The molecule has 1 N–H and O–H groups in total. The van der Waals surface area contributed by atoms with Gasteiger partial charge >= 0.3 is 0 Å². The first kappa shape index (κ1) is 13.2. The summed E-state index contributed by atoms with van der Waals surface area (Å²) in [4.78, 5) is 6.61. The highest BCUT2D eigenvalue weighted by atomic mass is 19.1. The van der Waals surface area contributed by atoms with Crippen LogP contribution in [0.2, 0.25) is 0 Å². The van der Waals surface area contributed by atoms with E-state index in [1.54, 1.807) is 12.3 Å². The molecular weight excluding hydrogens is 283 g/mol. The largest absolute Gasteiger partial charge is 0.378 e. The lowest BCUT2D eigenvalue weighted by Crippen LogP contribution is -2.36. The van der Waals surface area contributed by atoms with Gasteiger partial charge in [-0.25, -0.2) is 9.37 Å². The SMILES string of the molecule is Fc1ccc2[nH]nc(-c3ccnc(N4CCOCC4)c3)c2c1. The van der Waals surface area contributed by atoms with E-state index in [9.17, 15) is 4.39 Å². The van der Waals surface area contributed by atoms with Gasteiger partial charge < -0.3 is 9.64 Å². The van der Waals surface area contributed by atoms with E-state index in [1.165, 1.54) is 12.1 Å². The lowest BCUT2D eigenvalue weighted by atomic mass is 10.1. The van der Waals surface area contributed by atoms with Gasteiger partial charge in [-0.3, -0.25) is 5.10 Å². The highest BCUT2D eigenvalue weighted by Crippen LogP contribution is 2.28. The Bertz CT molecular complexity index is 811. The molecule has 1 aromatic carbocycles. The van der Waals surface area contributed by atoms with Crippen molar-refractivity contribution in [3.8, 4) is 11.3 Å². The number of anilines is 1.